The van der Waals surface area contributed by atoms with Gasteiger partial charge in [0.25, 0.3) is 0 Å². The predicted octanol–water partition coefficient (Wildman–Crippen LogP) is 2.85. The fourth-order valence-electron chi connectivity index (χ4n) is 1.36. The number of ether oxygens (including phenoxy) is 3. The van der Waals surface area contributed by atoms with Gasteiger partial charge in [-0.1, -0.05) is 11.8 Å². The number of hydrogen-bond donors (Lipinski definition) is 0. The van der Waals surface area contributed by atoms with Crippen molar-refractivity contribution >= 4 is 11.6 Å². The van der Waals surface area contributed by atoms with E-state index in [1.54, 1.807) is 19.2 Å². The fraction of sp³-hybridized carbons (Fsp3) is 0.467. The van der Waals surface area contributed by atoms with Gasteiger partial charge in [0.15, 0.2) is 11.6 Å². The second kappa shape index (κ2) is 10.5. The van der Waals surface area contributed by atoms with Crippen LogP contribution in [0.1, 0.15) is 12.0 Å². The van der Waals surface area contributed by atoms with Gasteiger partial charge in [0, 0.05) is 25.0 Å². The van der Waals surface area contributed by atoms with Crippen molar-refractivity contribution in [3.63, 3.8) is 0 Å². The van der Waals surface area contributed by atoms with Crippen LogP contribution in [0.15, 0.2) is 18.2 Å². The van der Waals surface area contributed by atoms with Crippen molar-refractivity contribution in [2.24, 2.45) is 0 Å². The standard InChI is InChI=1S/C15H18ClFO3/c1-18-8-9-19-10-11-20-15-12-13(4-2-3-7-16)5-6-14(15)17/h5-6,12H,3,7-11H2,1H3. The third-order valence-corrected chi connectivity index (χ3v) is 2.49. The Hall–Kier alpha value is -1.28. The lowest BCUT2D eigenvalue weighted by molar-refractivity contribution is 0.0538. The fourth-order valence-corrected chi connectivity index (χ4v) is 1.45. The van der Waals surface area contributed by atoms with E-state index >= 15 is 0 Å². The molecule has 0 radical (unpaired) electrons. The van der Waals surface area contributed by atoms with E-state index in [1.807, 2.05) is 0 Å². The zero-order valence-corrected chi connectivity index (χ0v) is 12.2. The average Bonchev–Trinajstić information content (AvgIpc) is 2.46. The van der Waals surface area contributed by atoms with Crippen molar-refractivity contribution in [3.05, 3.63) is 29.6 Å². The molecule has 0 aliphatic carbocycles. The summed E-state index contributed by atoms with van der Waals surface area (Å²) < 4.78 is 28.9. The third kappa shape index (κ3) is 6.76. The van der Waals surface area contributed by atoms with Gasteiger partial charge in [-0.15, -0.1) is 11.6 Å². The molecule has 0 saturated heterocycles. The maximum absolute atomic E-state index is 13.5. The lowest BCUT2D eigenvalue weighted by atomic mass is 10.2. The van der Waals surface area contributed by atoms with Crippen LogP contribution in [-0.2, 0) is 9.47 Å². The first kappa shape index (κ1) is 16.8. The molecule has 1 aromatic carbocycles. The summed E-state index contributed by atoms with van der Waals surface area (Å²) in [6.45, 7) is 1.68. The second-order valence-electron chi connectivity index (χ2n) is 3.84. The van der Waals surface area contributed by atoms with Crippen molar-refractivity contribution < 1.29 is 18.6 Å². The molecule has 0 heterocycles. The zero-order chi connectivity index (χ0) is 14.6. The Morgan fingerprint density at radius 1 is 1.20 bits per heavy atom. The van der Waals surface area contributed by atoms with Crippen LogP contribution < -0.4 is 4.74 Å². The third-order valence-electron chi connectivity index (χ3n) is 2.30. The molecule has 0 saturated carbocycles. The van der Waals surface area contributed by atoms with Gasteiger partial charge >= 0.3 is 0 Å². The number of halogens is 2. The van der Waals surface area contributed by atoms with E-state index in [0.29, 0.717) is 37.7 Å². The second-order valence-corrected chi connectivity index (χ2v) is 4.22. The largest absolute Gasteiger partial charge is 0.488 e. The maximum Gasteiger partial charge on any atom is 0.165 e. The van der Waals surface area contributed by atoms with Crippen LogP contribution in [0.3, 0.4) is 0 Å². The van der Waals surface area contributed by atoms with Crippen LogP contribution >= 0.6 is 11.6 Å². The van der Waals surface area contributed by atoms with E-state index in [2.05, 4.69) is 11.8 Å². The van der Waals surface area contributed by atoms with Crippen LogP contribution in [0.5, 0.6) is 5.75 Å². The molecule has 0 N–H and O–H groups in total. The number of alkyl halides is 1. The highest BCUT2D eigenvalue weighted by atomic mass is 35.5. The van der Waals surface area contributed by atoms with E-state index in [0.717, 1.165) is 0 Å². The number of rotatable bonds is 8. The molecule has 20 heavy (non-hydrogen) atoms. The molecule has 0 aliphatic heterocycles. The molecule has 5 heteroatoms. The zero-order valence-electron chi connectivity index (χ0n) is 11.5. The summed E-state index contributed by atoms with van der Waals surface area (Å²) in [6, 6.07) is 4.52. The van der Waals surface area contributed by atoms with Gasteiger partial charge in [-0.2, -0.15) is 0 Å². The number of methoxy groups -OCH3 is 1. The van der Waals surface area contributed by atoms with Gasteiger partial charge in [-0.3, -0.25) is 0 Å². The van der Waals surface area contributed by atoms with Crippen LogP contribution in [0.25, 0.3) is 0 Å². The maximum atomic E-state index is 13.5. The lowest BCUT2D eigenvalue weighted by Crippen LogP contribution is -2.10. The Morgan fingerprint density at radius 2 is 2.00 bits per heavy atom. The van der Waals surface area contributed by atoms with E-state index in [1.165, 1.54) is 6.07 Å². The molecule has 0 atom stereocenters. The molecule has 0 spiro atoms. The number of hydrogen-bond acceptors (Lipinski definition) is 3. The van der Waals surface area contributed by atoms with Crippen LogP contribution in [0.4, 0.5) is 4.39 Å². The Balaban J connectivity index is 2.44. The molecule has 1 rings (SSSR count). The lowest BCUT2D eigenvalue weighted by Gasteiger charge is -2.08. The first-order valence-electron chi connectivity index (χ1n) is 6.31. The van der Waals surface area contributed by atoms with Crippen molar-refractivity contribution in [2.75, 3.05) is 39.4 Å². The summed E-state index contributed by atoms with van der Waals surface area (Å²) in [5.41, 5.74) is 0.701. The van der Waals surface area contributed by atoms with E-state index in [-0.39, 0.29) is 12.4 Å². The molecule has 3 nitrogen and oxygen atoms in total. The summed E-state index contributed by atoms with van der Waals surface area (Å²) in [6.07, 6.45) is 0.600. The first-order chi connectivity index (χ1) is 9.77. The topological polar surface area (TPSA) is 27.7 Å². The molecule has 0 aliphatic rings. The summed E-state index contributed by atoms with van der Waals surface area (Å²) in [5.74, 6) is 6.04. The smallest absolute Gasteiger partial charge is 0.165 e. The average molecular weight is 301 g/mol. The Morgan fingerprint density at radius 3 is 2.75 bits per heavy atom. The highest BCUT2D eigenvalue weighted by Crippen LogP contribution is 2.18. The minimum atomic E-state index is -0.412. The first-order valence-corrected chi connectivity index (χ1v) is 6.85. The molecule has 110 valence electrons. The minimum absolute atomic E-state index is 0.179. The van der Waals surface area contributed by atoms with Gasteiger partial charge in [0.1, 0.15) is 6.61 Å². The molecule has 0 aromatic heterocycles. The predicted molar refractivity (Wildman–Crippen MR) is 76.8 cm³/mol. The SMILES string of the molecule is COCCOCCOc1cc(C#CCCCl)ccc1F. The molecule has 0 amide bonds. The summed E-state index contributed by atoms with van der Waals surface area (Å²) >= 11 is 5.53. The Kier molecular flexibility index (Phi) is 8.81. The molecular weight excluding hydrogens is 283 g/mol. The molecule has 0 bridgehead atoms. The van der Waals surface area contributed by atoms with Crippen LogP contribution in [0, 0.1) is 17.7 Å². The Bertz CT molecular complexity index is 454. The van der Waals surface area contributed by atoms with Gasteiger partial charge in [0.05, 0.1) is 19.8 Å². The molecule has 0 unspecified atom stereocenters. The molecule has 0 fully saturated rings. The highest BCUT2D eigenvalue weighted by molar-refractivity contribution is 6.18. The van der Waals surface area contributed by atoms with Gasteiger partial charge in [0.2, 0.25) is 0 Å². The highest BCUT2D eigenvalue weighted by Gasteiger charge is 2.03. The summed E-state index contributed by atoms with van der Waals surface area (Å²) in [5, 5.41) is 0. The monoisotopic (exact) mass is 300 g/mol. The van der Waals surface area contributed by atoms with Crippen LogP contribution in [-0.4, -0.2) is 39.4 Å². The van der Waals surface area contributed by atoms with E-state index in [9.17, 15) is 4.39 Å². The molecular formula is C15H18ClFO3. The van der Waals surface area contributed by atoms with E-state index < -0.39 is 5.82 Å². The van der Waals surface area contributed by atoms with Gasteiger partial charge in [-0.25, -0.2) is 4.39 Å². The van der Waals surface area contributed by atoms with Crippen molar-refractivity contribution in [2.45, 2.75) is 6.42 Å². The molecule has 1 aromatic rings. The van der Waals surface area contributed by atoms with Gasteiger partial charge in [-0.05, 0) is 18.2 Å². The quantitative estimate of drug-likeness (QED) is 0.420. The summed E-state index contributed by atoms with van der Waals surface area (Å²) in [7, 11) is 1.60. The van der Waals surface area contributed by atoms with Crippen molar-refractivity contribution in [1.29, 1.82) is 0 Å². The van der Waals surface area contributed by atoms with E-state index in [4.69, 9.17) is 25.8 Å². The van der Waals surface area contributed by atoms with Crippen LogP contribution in [0.2, 0.25) is 0 Å². The van der Waals surface area contributed by atoms with Crippen molar-refractivity contribution in [1.82, 2.24) is 0 Å². The van der Waals surface area contributed by atoms with Gasteiger partial charge < -0.3 is 14.2 Å². The normalized spacial score (nSPS) is 9.95. The number of benzene rings is 1. The minimum Gasteiger partial charge on any atom is -0.488 e. The Labute approximate surface area is 124 Å². The summed E-state index contributed by atoms with van der Waals surface area (Å²) in [4.78, 5) is 0. The van der Waals surface area contributed by atoms with Crippen molar-refractivity contribution in [3.8, 4) is 17.6 Å².